The molecule has 1 nitrogen and oxygen atoms in total. The molecule has 0 amide bonds. The first-order valence-corrected chi connectivity index (χ1v) is 8.04. The van der Waals surface area contributed by atoms with Gasteiger partial charge in [0.25, 0.3) is 0 Å². The van der Waals surface area contributed by atoms with E-state index in [4.69, 9.17) is 0 Å². The van der Waals surface area contributed by atoms with Gasteiger partial charge in [0.15, 0.2) is 0 Å². The molecule has 106 valence electrons. The molecule has 1 heterocycles. The number of rotatable bonds is 2. The maximum absolute atomic E-state index is 3.58. The first-order chi connectivity index (χ1) is 9.40. The molecule has 0 aliphatic carbocycles. The predicted octanol–water partition coefficient (Wildman–Crippen LogP) is 4.26. The Hall–Kier alpha value is -0.770. The highest BCUT2D eigenvalue weighted by Gasteiger charge is 2.22. The molecular formula is C17H20BrNS. The molecule has 0 fully saturated rings. The van der Waals surface area contributed by atoms with Gasteiger partial charge in [0.1, 0.15) is 0 Å². The Balaban J connectivity index is 0.00000147. The van der Waals surface area contributed by atoms with E-state index in [1.165, 1.54) is 21.6 Å². The number of thioether (sulfide) groups is 1. The van der Waals surface area contributed by atoms with Gasteiger partial charge < -0.3 is 5.32 Å². The molecule has 3 heteroatoms. The summed E-state index contributed by atoms with van der Waals surface area (Å²) in [5.74, 6) is 0.474. The summed E-state index contributed by atoms with van der Waals surface area (Å²) in [4.78, 5) is 1.43. The number of fused-ring (bicyclic) bond motifs is 1. The number of benzene rings is 2. The van der Waals surface area contributed by atoms with Gasteiger partial charge in [0, 0.05) is 17.4 Å². The van der Waals surface area contributed by atoms with Crippen molar-refractivity contribution >= 4 is 28.7 Å². The Morgan fingerprint density at radius 1 is 1.05 bits per heavy atom. The lowest BCUT2D eigenvalue weighted by Crippen LogP contribution is -2.21. The van der Waals surface area contributed by atoms with Gasteiger partial charge in [-0.15, -0.1) is 28.7 Å². The summed E-state index contributed by atoms with van der Waals surface area (Å²) >= 11 is 1.86. The summed E-state index contributed by atoms with van der Waals surface area (Å²) < 4.78 is 0. The Labute approximate surface area is 135 Å². The molecule has 0 saturated heterocycles. The van der Waals surface area contributed by atoms with Crippen LogP contribution in [0.15, 0.2) is 53.4 Å². The van der Waals surface area contributed by atoms with Gasteiger partial charge in [-0.2, -0.15) is 0 Å². The molecule has 1 unspecified atom stereocenters. The Morgan fingerprint density at radius 2 is 1.85 bits per heavy atom. The zero-order chi connectivity index (χ0) is 13.1. The number of nitrogens with one attached hydrogen (secondary N) is 1. The molecule has 2 aromatic rings. The van der Waals surface area contributed by atoms with Gasteiger partial charge in [0.2, 0.25) is 0 Å². The highest BCUT2D eigenvalue weighted by molar-refractivity contribution is 8.93. The second kappa shape index (κ2) is 7.30. The van der Waals surface area contributed by atoms with Crippen LogP contribution in [0.5, 0.6) is 0 Å². The van der Waals surface area contributed by atoms with E-state index in [-0.39, 0.29) is 17.0 Å². The summed E-state index contributed by atoms with van der Waals surface area (Å²) in [7, 11) is 0. The number of halogens is 1. The van der Waals surface area contributed by atoms with Crippen molar-refractivity contribution in [3.63, 3.8) is 0 Å². The standard InChI is InChI=1S/C17H19NS.BrH/c1-19-16-9-5-8-14-10-11-18-12-15(17(14)16)13-6-3-2-4-7-13;/h2-9,15,18H,10-12H2,1H3;1H. The van der Waals surface area contributed by atoms with E-state index < -0.39 is 0 Å². The van der Waals surface area contributed by atoms with Crippen LogP contribution in [-0.2, 0) is 6.42 Å². The Morgan fingerprint density at radius 3 is 2.60 bits per heavy atom. The van der Waals surface area contributed by atoms with E-state index in [9.17, 15) is 0 Å². The van der Waals surface area contributed by atoms with Crippen LogP contribution in [0.25, 0.3) is 0 Å². The average Bonchev–Trinajstić information content (AvgIpc) is 2.70. The second-order valence-electron chi connectivity index (χ2n) is 4.95. The summed E-state index contributed by atoms with van der Waals surface area (Å²) in [6.07, 6.45) is 3.31. The van der Waals surface area contributed by atoms with Crippen LogP contribution < -0.4 is 5.32 Å². The van der Waals surface area contributed by atoms with Gasteiger partial charge in [-0.25, -0.2) is 0 Å². The largest absolute Gasteiger partial charge is 0.315 e. The molecule has 1 atom stereocenters. The van der Waals surface area contributed by atoms with Crippen molar-refractivity contribution in [2.45, 2.75) is 17.2 Å². The zero-order valence-electron chi connectivity index (χ0n) is 11.6. The second-order valence-corrected chi connectivity index (χ2v) is 5.80. The van der Waals surface area contributed by atoms with E-state index in [1.807, 2.05) is 11.8 Å². The molecular weight excluding hydrogens is 330 g/mol. The molecule has 0 saturated carbocycles. The van der Waals surface area contributed by atoms with Gasteiger partial charge in [-0.1, -0.05) is 42.5 Å². The minimum Gasteiger partial charge on any atom is -0.315 e. The van der Waals surface area contributed by atoms with E-state index in [2.05, 4.69) is 60.1 Å². The quantitative estimate of drug-likeness (QED) is 0.812. The van der Waals surface area contributed by atoms with Gasteiger partial charge in [-0.05, 0) is 42.0 Å². The number of hydrogen-bond acceptors (Lipinski definition) is 2. The smallest absolute Gasteiger partial charge is 0.0228 e. The van der Waals surface area contributed by atoms with Crippen molar-refractivity contribution in [3.8, 4) is 0 Å². The van der Waals surface area contributed by atoms with Crippen LogP contribution in [-0.4, -0.2) is 19.3 Å². The van der Waals surface area contributed by atoms with Crippen LogP contribution in [0.4, 0.5) is 0 Å². The van der Waals surface area contributed by atoms with Crippen LogP contribution >= 0.6 is 28.7 Å². The third-order valence-corrected chi connectivity index (χ3v) is 4.64. The van der Waals surface area contributed by atoms with Crippen molar-refractivity contribution in [3.05, 3.63) is 65.2 Å². The van der Waals surface area contributed by atoms with E-state index in [1.54, 1.807) is 0 Å². The van der Waals surface area contributed by atoms with Crippen LogP contribution in [0.3, 0.4) is 0 Å². The zero-order valence-corrected chi connectivity index (χ0v) is 14.2. The predicted molar refractivity (Wildman–Crippen MR) is 93.4 cm³/mol. The molecule has 1 aliphatic rings. The molecule has 0 bridgehead atoms. The fraction of sp³-hybridized carbons (Fsp3) is 0.294. The van der Waals surface area contributed by atoms with Crippen LogP contribution in [0.1, 0.15) is 22.6 Å². The van der Waals surface area contributed by atoms with Crippen LogP contribution in [0.2, 0.25) is 0 Å². The highest BCUT2D eigenvalue weighted by Crippen LogP contribution is 2.35. The molecule has 1 aliphatic heterocycles. The molecule has 1 N–H and O–H groups in total. The maximum atomic E-state index is 3.58. The SMILES string of the molecule is Br.CSc1cccc2c1C(c1ccccc1)CNCC2. The normalized spacial score (nSPS) is 17.8. The summed E-state index contributed by atoms with van der Waals surface area (Å²) in [6, 6.07) is 17.6. The first-order valence-electron chi connectivity index (χ1n) is 6.81. The molecule has 0 aromatic heterocycles. The summed E-state index contributed by atoms with van der Waals surface area (Å²) in [5.41, 5.74) is 4.46. The third-order valence-electron chi connectivity index (χ3n) is 3.85. The van der Waals surface area contributed by atoms with E-state index in [0.717, 1.165) is 19.5 Å². The number of hydrogen-bond donors (Lipinski definition) is 1. The van der Waals surface area contributed by atoms with Crippen molar-refractivity contribution in [2.75, 3.05) is 19.3 Å². The van der Waals surface area contributed by atoms with Gasteiger partial charge in [0.05, 0.1) is 0 Å². The third kappa shape index (κ3) is 3.11. The lowest BCUT2D eigenvalue weighted by molar-refractivity contribution is 0.661. The summed E-state index contributed by atoms with van der Waals surface area (Å²) in [6.45, 7) is 2.11. The van der Waals surface area contributed by atoms with Crippen molar-refractivity contribution < 1.29 is 0 Å². The highest BCUT2D eigenvalue weighted by atomic mass is 79.9. The Kier molecular flexibility index (Phi) is 5.70. The van der Waals surface area contributed by atoms with Gasteiger partial charge in [-0.3, -0.25) is 0 Å². The molecule has 0 spiro atoms. The van der Waals surface area contributed by atoms with Crippen LogP contribution in [0, 0.1) is 0 Å². The minimum absolute atomic E-state index is 0. The Bertz CT molecular complexity index is 556. The molecule has 3 rings (SSSR count). The molecule has 2 aromatic carbocycles. The van der Waals surface area contributed by atoms with Crippen molar-refractivity contribution in [2.24, 2.45) is 0 Å². The fourth-order valence-corrected chi connectivity index (χ4v) is 3.63. The van der Waals surface area contributed by atoms with Crippen molar-refractivity contribution in [1.29, 1.82) is 0 Å². The monoisotopic (exact) mass is 349 g/mol. The topological polar surface area (TPSA) is 12.0 Å². The lowest BCUT2D eigenvalue weighted by Gasteiger charge is -2.21. The first kappa shape index (κ1) is 15.6. The summed E-state index contributed by atoms with van der Waals surface area (Å²) in [5, 5.41) is 3.58. The van der Waals surface area contributed by atoms with E-state index >= 15 is 0 Å². The lowest BCUT2D eigenvalue weighted by atomic mass is 9.88. The molecule has 0 radical (unpaired) electrons. The molecule has 20 heavy (non-hydrogen) atoms. The maximum Gasteiger partial charge on any atom is 0.0228 e. The average molecular weight is 350 g/mol. The van der Waals surface area contributed by atoms with E-state index in [0.29, 0.717) is 5.92 Å². The minimum atomic E-state index is 0. The van der Waals surface area contributed by atoms with Gasteiger partial charge >= 0.3 is 0 Å². The van der Waals surface area contributed by atoms with Crippen molar-refractivity contribution in [1.82, 2.24) is 5.32 Å². The fourth-order valence-electron chi connectivity index (χ4n) is 2.92.